The van der Waals surface area contributed by atoms with Crippen molar-refractivity contribution >= 4 is 5.69 Å². The first-order chi connectivity index (χ1) is 8.40. The van der Waals surface area contributed by atoms with Gasteiger partial charge in [-0.3, -0.25) is 15.1 Å². The maximum absolute atomic E-state index is 11.2. The molecule has 1 N–H and O–H groups in total. The van der Waals surface area contributed by atoms with Crippen LogP contribution < -0.4 is 5.32 Å². The molecule has 0 bridgehead atoms. The number of aryl methyl sites for hydroxylation is 1. The molecule has 1 heterocycles. The molecule has 0 amide bonds. The number of nitro groups is 1. The third kappa shape index (κ3) is 2.85. The van der Waals surface area contributed by atoms with Gasteiger partial charge in [0.1, 0.15) is 5.69 Å². The summed E-state index contributed by atoms with van der Waals surface area (Å²) in [5, 5.41) is 14.4. The molecule has 0 aliphatic rings. The van der Waals surface area contributed by atoms with Crippen molar-refractivity contribution in [3.05, 3.63) is 33.6 Å². The number of nitrogens with one attached hydrogen (secondary N) is 1. The molecule has 5 nitrogen and oxygen atoms in total. The zero-order valence-electron chi connectivity index (χ0n) is 11.6. The summed E-state index contributed by atoms with van der Waals surface area (Å²) >= 11 is 0. The zero-order valence-corrected chi connectivity index (χ0v) is 11.6. The Morgan fingerprint density at radius 2 is 2.00 bits per heavy atom. The molecule has 0 saturated heterocycles. The molecule has 2 unspecified atom stereocenters. The molecule has 0 radical (unpaired) electrons. The summed E-state index contributed by atoms with van der Waals surface area (Å²) in [5.41, 5.74) is 1.40. The van der Waals surface area contributed by atoms with Crippen molar-refractivity contribution in [2.24, 2.45) is 5.92 Å². The predicted molar refractivity (Wildman–Crippen MR) is 71.7 cm³/mol. The van der Waals surface area contributed by atoms with Gasteiger partial charge in [-0.15, -0.1) is 0 Å². The van der Waals surface area contributed by atoms with Crippen molar-refractivity contribution < 1.29 is 4.92 Å². The molecular formula is C13H21N3O2. The fourth-order valence-corrected chi connectivity index (χ4v) is 2.36. The Labute approximate surface area is 108 Å². The first-order valence-corrected chi connectivity index (χ1v) is 6.17. The van der Waals surface area contributed by atoms with E-state index in [0.29, 0.717) is 11.3 Å². The van der Waals surface area contributed by atoms with Crippen molar-refractivity contribution in [1.82, 2.24) is 10.3 Å². The van der Waals surface area contributed by atoms with Gasteiger partial charge in [0.15, 0.2) is 0 Å². The third-order valence-corrected chi connectivity index (χ3v) is 3.36. The number of hydrogen-bond acceptors (Lipinski definition) is 4. The Kier molecular flexibility index (Phi) is 4.78. The summed E-state index contributed by atoms with van der Waals surface area (Å²) in [6.45, 7) is 7.90. The van der Waals surface area contributed by atoms with E-state index >= 15 is 0 Å². The topological polar surface area (TPSA) is 68.1 Å². The second-order valence-corrected chi connectivity index (χ2v) is 4.97. The van der Waals surface area contributed by atoms with Gasteiger partial charge in [0, 0.05) is 23.7 Å². The van der Waals surface area contributed by atoms with Crippen LogP contribution in [0.15, 0.2) is 12.3 Å². The zero-order chi connectivity index (χ0) is 13.9. The van der Waals surface area contributed by atoms with Crippen molar-refractivity contribution in [3.8, 4) is 0 Å². The minimum absolute atomic E-state index is 0.0234. The Hall–Kier alpha value is -1.49. The minimum atomic E-state index is -0.324. The molecule has 1 aromatic rings. The summed E-state index contributed by atoms with van der Waals surface area (Å²) in [6.07, 6.45) is 1.65. The Morgan fingerprint density at radius 1 is 1.39 bits per heavy atom. The average Bonchev–Trinajstić information content (AvgIpc) is 2.28. The number of pyridine rings is 1. The largest absolute Gasteiger partial charge is 0.317 e. The molecular weight excluding hydrogens is 230 g/mol. The molecule has 5 heteroatoms. The second-order valence-electron chi connectivity index (χ2n) is 4.97. The maximum Gasteiger partial charge on any atom is 0.293 e. The van der Waals surface area contributed by atoms with Gasteiger partial charge in [-0.25, -0.2) is 0 Å². The number of aromatic nitrogens is 1. The van der Waals surface area contributed by atoms with Crippen molar-refractivity contribution in [1.29, 1.82) is 0 Å². The van der Waals surface area contributed by atoms with E-state index in [4.69, 9.17) is 0 Å². The van der Waals surface area contributed by atoms with Crippen LogP contribution in [0.2, 0.25) is 0 Å². The lowest BCUT2D eigenvalue weighted by molar-refractivity contribution is -0.386. The Balaban J connectivity index is 3.37. The summed E-state index contributed by atoms with van der Waals surface area (Å²) < 4.78 is 0. The average molecular weight is 251 g/mol. The highest BCUT2D eigenvalue weighted by Gasteiger charge is 2.31. The highest BCUT2D eigenvalue weighted by atomic mass is 16.6. The molecule has 1 rings (SSSR count). The predicted octanol–water partition coefficient (Wildman–Crippen LogP) is 2.65. The van der Waals surface area contributed by atoms with Crippen LogP contribution in [0.1, 0.15) is 37.9 Å². The van der Waals surface area contributed by atoms with E-state index < -0.39 is 0 Å². The van der Waals surface area contributed by atoms with Crippen LogP contribution in [0.25, 0.3) is 0 Å². The van der Waals surface area contributed by atoms with Crippen LogP contribution >= 0.6 is 0 Å². The number of hydrogen-bond donors (Lipinski definition) is 1. The molecule has 0 fully saturated rings. The SMILES string of the molecule is CNC(C)C(c1nccc(C)c1[N+](=O)[O-])C(C)C. The van der Waals surface area contributed by atoms with Gasteiger partial charge >= 0.3 is 0 Å². The van der Waals surface area contributed by atoms with E-state index in [2.05, 4.69) is 24.1 Å². The standard InChI is InChI=1S/C13H21N3O2/c1-8(2)11(10(4)14-5)12-13(16(17)18)9(3)6-7-15-12/h6-8,10-11,14H,1-5H3. The molecule has 100 valence electrons. The number of likely N-dealkylation sites (N-methyl/N-ethyl adjacent to an activating group) is 1. The quantitative estimate of drug-likeness (QED) is 0.645. The number of rotatable bonds is 5. The molecule has 0 saturated carbocycles. The molecule has 2 atom stereocenters. The maximum atomic E-state index is 11.2. The monoisotopic (exact) mass is 251 g/mol. The van der Waals surface area contributed by atoms with Crippen molar-refractivity contribution in [2.45, 2.75) is 39.7 Å². The Morgan fingerprint density at radius 3 is 2.44 bits per heavy atom. The van der Waals surface area contributed by atoms with Gasteiger partial charge in [0.05, 0.1) is 4.92 Å². The summed E-state index contributed by atoms with van der Waals surface area (Å²) in [7, 11) is 1.86. The van der Waals surface area contributed by atoms with Gasteiger partial charge in [-0.05, 0) is 32.9 Å². The molecule has 0 aromatic carbocycles. The van der Waals surface area contributed by atoms with Crippen LogP contribution in [0, 0.1) is 23.0 Å². The van der Waals surface area contributed by atoms with E-state index in [1.54, 1.807) is 19.2 Å². The van der Waals surface area contributed by atoms with E-state index in [1.807, 2.05) is 14.0 Å². The van der Waals surface area contributed by atoms with Crippen LogP contribution in [-0.2, 0) is 0 Å². The van der Waals surface area contributed by atoms with Crippen molar-refractivity contribution in [3.63, 3.8) is 0 Å². The fourth-order valence-electron chi connectivity index (χ4n) is 2.36. The van der Waals surface area contributed by atoms with Gasteiger partial charge in [-0.2, -0.15) is 0 Å². The van der Waals surface area contributed by atoms with Crippen LogP contribution in [0.3, 0.4) is 0 Å². The van der Waals surface area contributed by atoms with Crippen LogP contribution in [0.4, 0.5) is 5.69 Å². The fraction of sp³-hybridized carbons (Fsp3) is 0.615. The first kappa shape index (κ1) is 14.6. The molecule has 0 spiro atoms. The van der Waals surface area contributed by atoms with E-state index in [1.165, 1.54) is 0 Å². The van der Waals surface area contributed by atoms with Crippen LogP contribution in [0.5, 0.6) is 0 Å². The molecule has 1 aromatic heterocycles. The highest BCUT2D eigenvalue weighted by Crippen LogP contribution is 2.34. The molecule has 18 heavy (non-hydrogen) atoms. The van der Waals surface area contributed by atoms with Crippen molar-refractivity contribution in [2.75, 3.05) is 7.05 Å². The van der Waals surface area contributed by atoms with E-state index in [-0.39, 0.29) is 28.5 Å². The Bertz CT molecular complexity index is 432. The lowest BCUT2D eigenvalue weighted by atomic mass is 9.85. The van der Waals surface area contributed by atoms with Gasteiger partial charge in [0.2, 0.25) is 0 Å². The van der Waals surface area contributed by atoms with Gasteiger partial charge < -0.3 is 5.32 Å². The van der Waals surface area contributed by atoms with Crippen LogP contribution in [-0.4, -0.2) is 23.0 Å². The summed E-state index contributed by atoms with van der Waals surface area (Å²) in [6, 6.07) is 1.82. The normalized spacial score (nSPS) is 14.6. The third-order valence-electron chi connectivity index (χ3n) is 3.36. The minimum Gasteiger partial charge on any atom is -0.317 e. The van der Waals surface area contributed by atoms with Gasteiger partial charge in [-0.1, -0.05) is 13.8 Å². The summed E-state index contributed by atoms with van der Waals surface area (Å²) in [5.74, 6) is 0.302. The number of nitrogens with zero attached hydrogens (tertiary/aromatic N) is 2. The van der Waals surface area contributed by atoms with E-state index in [0.717, 1.165) is 0 Å². The lowest BCUT2D eigenvalue weighted by Gasteiger charge is -2.26. The lowest BCUT2D eigenvalue weighted by Crippen LogP contribution is -2.33. The summed E-state index contributed by atoms with van der Waals surface area (Å²) in [4.78, 5) is 15.2. The molecule has 0 aliphatic heterocycles. The first-order valence-electron chi connectivity index (χ1n) is 6.17. The van der Waals surface area contributed by atoms with Gasteiger partial charge in [0.25, 0.3) is 5.69 Å². The van der Waals surface area contributed by atoms with E-state index in [9.17, 15) is 10.1 Å². The molecule has 0 aliphatic carbocycles. The second kappa shape index (κ2) is 5.91. The highest BCUT2D eigenvalue weighted by molar-refractivity contribution is 5.45. The smallest absolute Gasteiger partial charge is 0.293 e.